The van der Waals surface area contributed by atoms with Crippen LogP contribution in [0.25, 0.3) is 0 Å². The largest absolute Gasteiger partial charge is 0.493 e. The maximum atomic E-state index is 10.1. The van der Waals surface area contributed by atoms with E-state index in [4.69, 9.17) is 14.2 Å². The summed E-state index contributed by atoms with van der Waals surface area (Å²) in [4.78, 5) is 0. The molecule has 2 unspecified atom stereocenters. The molecule has 17 heavy (non-hydrogen) atoms. The summed E-state index contributed by atoms with van der Waals surface area (Å²) in [6.07, 6.45) is 0.332. The molecule has 2 rings (SSSR count). The summed E-state index contributed by atoms with van der Waals surface area (Å²) in [5.74, 6) is 2.05. The van der Waals surface area contributed by atoms with Gasteiger partial charge in [0.15, 0.2) is 11.5 Å². The third kappa shape index (κ3) is 1.72. The Hall–Kier alpha value is -1.42. The molecule has 1 N–H and O–H groups in total. The zero-order valence-electron chi connectivity index (χ0n) is 10.6. The molecule has 0 fully saturated rings. The fourth-order valence-corrected chi connectivity index (χ4v) is 2.45. The minimum Gasteiger partial charge on any atom is -0.493 e. The van der Waals surface area contributed by atoms with Crippen molar-refractivity contribution in [1.29, 1.82) is 0 Å². The molecular formula is C13H18O4. The summed E-state index contributed by atoms with van der Waals surface area (Å²) >= 11 is 0. The molecule has 0 radical (unpaired) electrons. The Morgan fingerprint density at radius 1 is 1.12 bits per heavy atom. The number of benzene rings is 1. The summed E-state index contributed by atoms with van der Waals surface area (Å²) in [6.45, 7) is 2.02. The first kappa shape index (κ1) is 12.0. The predicted octanol–water partition coefficient (Wildman–Crippen LogP) is 1.94. The summed E-state index contributed by atoms with van der Waals surface area (Å²) in [6, 6.07) is 1.84. The van der Waals surface area contributed by atoms with Crippen molar-refractivity contribution in [2.75, 3.05) is 21.3 Å². The van der Waals surface area contributed by atoms with Crippen LogP contribution in [0.5, 0.6) is 17.2 Å². The Morgan fingerprint density at radius 2 is 1.76 bits per heavy atom. The van der Waals surface area contributed by atoms with Crippen LogP contribution in [-0.4, -0.2) is 26.4 Å². The lowest BCUT2D eigenvalue weighted by molar-refractivity contribution is 0.132. The van der Waals surface area contributed by atoms with Gasteiger partial charge in [0.05, 0.1) is 27.4 Å². The van der Waals surface area contributed by atoms with Gasteiger partial charge in [-0.3, -0.25) is 0 Å². The van der Waals surface area contributed by atoms with Gasteiger partial charge in [-0.1, -0.05) is 6.92 Å². The van der Waals surface area contributed by atoms with Gasteiger partial charge in [-0.05, 0) is 24.0 Å². The summed E-state index contributed by atoms with van der Waals surface area (Å²) in [5, 5.41) is 10.1. The van der Waals surface area contributed by atoms with Crippen LogP contribution in [0.3, 0.4) is 0 Å². The van der Waals surface area contributed by atoms with Gasteiger partial charge in [-0.2, -0.15) is 0 Å². The van der Waals surface area contributed by atoms with Crippen LogP contribution in [0.1, 0.15) is 24.2 Å². The van der Waals surface area contributed by atoms with Crippen molar-refractivity contribution in [1.82, 2.24) is 0 Å². The molecule has 1 aromatic rings. The second-order valence-electron chi connectivity index (χ2n) is 4.34. The average Bonchev–Trinajstić information content (AvgIpc) is 2.63. The molecule has 4 heteroatoms. The van der Waals surface area contributed by atoms with E-state index in [0.717, 1.165) is 17.5 Å². The number of rotatable bonds is 3. The number of ether oxygens (including phenoxy) is 3. The normalized spacial score (nSPS) is 22.2. The van der Waals surface area contributed by atoms with E-state index in [-0.39, 0.29) is 5.92 Å². The van der Waals surface area contributed by atoms with E-state index in [1.807, 2.05) is 13.0 Å². The SMILES string of the molecule is COc1cc2c(c(OC)c1OC)CC(C)C2O. The predicted molar refractivity (Wildman–Crippen MR) is 63.9 cm³/mol. The van der Waals surface area contributed by atoms with Gasteiger partial charge in [-0.15, -0.1) is 0 Å². The molecule has 1 aromatic carbocycles. The van der Waals surface area contributed by atoms with Crippen LogP contribution in [0.15, 0.2) is 6.07 Å². The van der Waals surface area contributed by atoms with Crippen LogP contribution in [-0.2, 0) is 6.42 Å². The van der Waals surface area contributed by atoms with Crippen molar-refractivity contribution in [3.05, 3.63) is 17.2 Å². The van der Waals surface area contributed by atoms with E-state index < -0.39 is 6.10 Å². The zero-order valence-corrected chi connectivity index (χ0v) is 10.6. The number of hydrogen-bond donors (Lipinski definition) is 1. The molecule has 0 saturated carbocycles. The van der Waals surface area contributed by atoms with Crippen LogP contribution in [0, 0.1) is 5.92 Å². The molecule has 0 saturated heterocycles. The average molecular weight is 238 g/mol. The Labute approximate surface area is 101 Å². The van der Waals surface area contributed by atoms with Crippen molar-refractivity contribution in [2.24, 2.45) is 5.92 Å². The van der Waals surface area contributed by atoms with Gasteiger partial charge in [-0.25, -0.2) is 0 Å². The molecule has 4 nitrogen and oxygen atoms in total. The number of aliphatic hydroxyl groups is 1. The third-order valence-corrected chi connectivity index (χ3v) is 3.35. The van der Waals surface area contributed by atoms with E-state index in [0.29, 0.717) is 17.2 Å². The topological polar surface area (TPSA) is 47.9 Å². The first-order chi connectivity index (χ1) is 8.13. The van der Waals surface area contributed by atoms with Crippen molar-refractivity contribution in [2.45, 2.75) is 19.4 Å². The number of aliphatic hydroxyl groups excluding tert-OH is 1. The van der Waals surface area contributed by atoms with E-state index in [1.54, 1.807) is 21.3 Å². The minimum atomic E-state index is -0.460. The van der Waals surface area contributed by atoms with E-state index in [9.17, 15) is 5.11 Å². The molecule has 94 valence electrons. The summed E-state index contributed by atoms with van der Waals surface area (Å²) in [7, 11) is 4.77. The highest BCUT2D eigenvalue weighted by Crippen LogP contribution is 2.49. The molecule has 0 aromatic heterocycles. The highest BCUT2D eigenvalue weighted by molar-refractivity contribution is 5.61. The van der Waals surface area contributed by atoms with Gasteiger partial charge in [0.25, 0.3) is 0 Å². The highest BCUT2D eigenvalue weighted by atomic mass is 16.5. The quantitative estimate of drug-likeness (QED) is 0.874. The lowest BCUT2D eigenvalue weighted by atomic mass is 10.1. The lowest BCUT2D eigenvalue weighted by Crippen LogP contribution is -2.01. The molecule has 0 aliphatic heterocycles. The van der Waals surface area contributed by atoms with Crippen LogP contribution in [0.2, 0.25) is 0 Å². The van der Waals surface area contributed by atoms with Crippen LogP contribution >= 0.6 is 0 Å². The third-order valence-electron chi connectivity index (χ3n) is 3.35. The Bertz CT molecular complexity index is 428. The molecule has 0 amide bonds. The second-order valence-corrected chi connectivity index (χ2v) is 4.34. The lowest BCUT2D eigenvalue weighted by Gasteiger charge is -2.16. The fraction of sp³-hybridized carbons (Fsp3) is 0.538. The zero-order chi connectivity index (χ0) is 12.6. The second kappa shape index (κ2) is 4.45. The van der Waals surface area contributed by atoms with Crippen molar-refractivity contribution >= 4 is 0 Å². The molecule has 1 aliphatic rings. The monoisotopic (exact) mass is 238 g/mol. The maximum absolute atomic E-state index is 10.1. The standard InChI is InChI=1S/C13H18O4/c1-7-5-9-8(11(7)14)6-10(15-2)13(17-4)12(9)16-3/h6-7,11,14H,5H2,1-4H3. The van der Waals surface area contributed by atoms with Crippen LogP contribution < -0.4 is 14.2 Å². The Morgan fingerprint density at radius 3 is 2.29 bits per heavy atom. The number of hydrogen-bond acceptors (Lipinski definition) is 4. The highest BCUT2D eigenvalue weighted by Gasteiger charge is 2.33. The van der Waals surface area contributed by atoms with Gasteiger partial charge in [0.1, 0.15) is 0 Å². The van der Waals surface area contributed by atoms with E-state index in [2.05, 4.69) is 0 Å². The van der Waals surface area contributed by atoms with E-state index >= 15 is 0 Å². The van der Waals surface area contributed by atoms with Gasteiger partial charge < -0.3 is 19.3 Å². The van der Waals surface area contributed by atoms with Gasteiger partial charge in [0, 0.05) is 5.56 Å². The van der Waals surface area contributed by atoms with Crippen molar-refractivity contribution in [3.63, 3.8) is 0 Å². The molecule has 2 atom stereocenters. The minimum absolute atomic E-state index is 0.190. The fourth-order valence-electron chi connectivity index (χ4n) is 2.45. The Kier molecular flexibility index (Phi) is 3.15. The number of methoxy groups -OCH3 is 3. The van der Waals surface area contributed by atoms with Crippen molar-refractivity contribution < 1.29 is 19.3 Å². The van der Waals surface area contributed by atoms with Crippen LogP contribution in [0.4, 0.5) is 0 Å². The van der Waals surface area contributed by atoms with Gasteiger partial charge >= 0.3 is 0 Å². The smallest absolute Gasteiger partial charge is 0.203 e. The first-order valence-electron chi connectivity index (χ1n) is 5.63. The van der Waals surface area contributed by atoms with Gasteiger partial charge in [0.2, 0.25) is 5.75 Å². The summed E-state index contributed by atoms with van der Waals surface area (Å²) < 4.78 is 16.0. The van der Waals surface area contributed by atoms with E-state index in [1.165, 1.54) is 0 Å². The summed E-state index contributed by atoms with van der Waals surface area (Å²) in [5.41, 5.74) is 1.90. The first-order valence-corrected chi connectivity index (χ1v) is 5.63. The molecule has 0 spiro atoms. The Balaban J connectivity index is 2.64. The molecule has 1 aliphatic carbocycles. The van der Waals surface area contributed by atoms with Crippen molar-refractivity contribution in [3.8, 4) is 17.2 Å². The maximum Gasteiger partial charge on any atom is 0.203 e. The molecular weight excluding hydrogens is 220 g/mol. The molecule has 0 bridgehead atoms. The number of fused-ring (bicyclic) bond motifs is 1. The molecule has 0 heterocycles.